The van der Waals surface area contributed by atoms with Crippen LogP contribution in [-0.4, -0.2) is 20.3 Å². The van der Waals surface area contributed by atoms with E-state index in [0.29, 0.717) is 6.42 Å². The van der Waals surface area contributed by atoms with Crippen molar-refractivity contribution < 1.29 is 5.11 Å². The Hall–Kier alpha value is -1.35. The molecule has 0 bridgehead atoms. The lowest BCUT2D eigenvalue weighted by molar-refractivity contribution is -0.00878. The van der Waals surface area contributed by atoms with Crippen LogP contribution in [0.2, 0.25) is 0 Å². The summed E-state index contributed by atoms with van der Waals surface area (Å²) in [4.78, 5) is 4.74. The minimum atomic E-state index is -0.555. The molecule has 0 atom stereocenters. The first-order valence-electron chi connectivity index (χ1n) is 7.78. The normalized spacial score (nSPS) is 27.1. The van der Waals surface area contributed by atoms with Crippen LogP contribution in [0.4, 0.5) is 0 Å². The number of nitrogens with zero attached hydrogens (tertiary/aromatic N) is 2. The Balaban J connectivity index is 1.90. The second kappa shape index (κ2) is 5.21. The second-order valence-electron chi connectivity index (χ2n) is 6.34. The van der Waals surface area contributed by atoms with Crippen molar-refractivity contribution in [2.24, 2.45) is 5.92 Å². The number of imidazole rings is 1. The van der Waals surface area contributed by atoms with Crippen molar-refractivity contribution in [2.45, 2.75) is 58.1 Å². The average Bonchev–Trinajstić information content (AvgIpc) is 2.79. The number of hydrogen-bond acceptors (Lipinski definition) is 2. The molecule has 1 saturated carbocycles. The first-order valence-corrected chi connectivity index (χ1v) is 7.78. The van der Waals surface area contributed by atoms with Crippen molar-refractivity contribution in [3.63, 3.8) is 0 Å². The predicted molar refractivity (Wildman–Crippen MR) is 81.7 cm³/mol. The molecule has 0 radical (unpaired) electrons. The summed E-state index contributed by atoms with van der Waals surface area (Å²) in [6.07, 6.45) is 4.75. The third-order valence-electron chi connectivity index (χ3n) is 4.74. The third kappa shape index (κ3) is 2.47. The minimum Gasteiger partial charge on any atom is -0.389 e. The lowest BCUT2D eigenvalue weighted by Crippen LogP contribution is -2.36. The van der Waals surface area contributed by atoms with Crippen LogP contribution in [0.15, 0.2) is 24.3 Å². The van der Waals surface area contributed by atoms with E-state index in [2.05, 4.69) is 36.6 Å². The second-order valence-corrected chi connectivity index (χ2v) is 6.34. The molecule has 1 aliphatic rings. The number of aliphatic hydroxyl groups is 1. The van der Waals surface area contributed by atoms with E-state index in [1.54, 1.807) is 0 Å². The van der Waals surface area contributed by atoms with Gasteiger partial charge in [-0.15, -0.1) is 0 Å². The molecule has 20 heavy (non-hydrogen) atoms. The molecule has 0 unspecified atom stereocenters. The summed E-state index contributed by atoms with van der Waals surface area (Å²) in [5, 5.41) is 10.8. The molecule has 1 aliphatic carbocycles. The van der Waals surface area contributed by atoms with Gasteiger partial charge in [-0.05, 0) is 50.7 Å². The van der Waals surface area contributed by atoms with Crippen LogP contribution in [0.1, 0.15) is 45.4 Å². The molecule has 1 aromatic carbocycles. The first kappa shape index (κ1) is 13.6. The van der Waals surface area contributed by atoms with Crippen molar-refractivity contribution in [1.82, 2.24) is 9.55 Å². The standard InChI is InChI=1S/C17H24N2O/c1-3-19-15-7-5-4-6-14(15)18-16(19)12-17(20)10-8-13(2)9-11-17/h4-7,13,20H,3,8-12H2,1-2H3. The Morgan fingerprint density at radius 1 is 1.30 bits per heavy atom. The molecule has 2 aromatic rings. The number of benzene rings is 1. The van der Waals surface area contributed by atoms with Crippen LogP contribution in [0, 0.1) is 5.92 Å². The maximum Gasteiger partial charge on any atom is 0.112 e. The maximum absolute atomic E-state index is 10.8. The van der Waals surface area contributed by atoms with Crippen LogP contribution in [-0.2, 0) is 13.0 Å². The van der Waals surface area contributed by atoms with E-state index in [1.807, 2.05) is 6.07 Å². The highest BCUT2D eigenvalue weighted by Gasteiger charge is 2.33. The van der Waals surface area contributed by atoms with Crippen LogP contribution < -0.4 is 0 Å². The zero-order valence-electron chi connectivity index (χ0n) is 12.5. The van der Waals surface area contributed by atoms with E-state index in [-0.39, 0.29) is 0 Å². The number of aromatic nitrogens is 2. The van der Waals surface area contributed by atoms with E-state index in [4.69, 9.17) is 4.98 Å². The molecule has 3 nitrogen and oxygen atoms in total. The number of rotatable bonds is 3. The number of fused-ring (bicyclic) bond motifs is 1. The number of aryl methyl sites for hydroxylation is 1. The monoisotopic (exact) mass is 272 g/mol. The SMILES string of the molecule is CCn1c(CC2(O)CCC(C)CC2)nc2ccccc21. The molecule has 3 rings (SSSR count). The molecule has 1 N–H and O–H groups in total. The van der Waals surface area contributed by atoms with Crippen molar-refractivity contribution in [1.29, 1.82) is 0 Å². The fourth-order valence-corrected chi connectivity index (χ4v) is 3.38. The van der Waals surface area contributed by atoms with Gasteiger partial charge in [0.1, 0.15) is 5.82 Å². The molecule has 0 spiro atoms. The molecule has 0 aliphatic heterocycles. The summed E-state index contributed by atoms with van der Waals surface area (Å²) in [5.74, 6) is 1.78. The van der Waals surface area contributed by atoms with Gasteiger partial charge < -0.3 is 9.67 Å². The summed E-state index contributed by atoms with van der Waals surface area (Å²) in [6.45, 7) is 5.33. The van der Waals surface area contributed by atoms with Gasteiger partial charge >= 0.3 is 0 Å². The molecule has 1 aromatic heterocycles. The lowest BCUT2D eigenvalue weighted by atomic mass is 9.78. The smallest absolute Gasteiger partial charge is 0.112 e. The van der Waals surface area contributed by atoms with E-state index >= 15 is 0 Å². The summed E-state index contributed by atoms with van der Waals surface area (Å²) < 4.78 is 2.24. The van der Waals surface area contributed by atoms with Gasteiger partial charge in [-0.2, -0.15) is 0 Å². The molecule has 108 valence electrons. The van der Waals surface area contributed by atoms with Gasteiger partial charge in [0.2, 0.25) is 0 Å². The van der Waals surface area contributed by atoms with Crippen molar-refractivity contribution in [3.05, 3.63) is 30.1 Å². The number of hydrogen-bond donors (Lipinski definition) is 1. The molecule has 1 heterocycles. The fourth-order valence-electron chi connectivity index (χ4n) is 3.38. The van der Waals surface area contributed by atoms with E-state index in [1.165, 1.54) is 5.52 Å². The predicted octanol–water partition coefficient (Wildman–Crippen LogP) is 3.54. The highest BCUT2D eigenvalue weighted by molar-refractivity contribution is 5.75. The quantitative estimate of drug-likeness (QED) is 0.928. The zero-order chi connectivity index (χ0) is 14.2. The summed E-state index contributed by atoms with van der Waals surface area (Å²) in [5.41, 5.74) is 1.66. The topological polar surface area (TPSA) is 38.0 Å². The van der Waals surface area contributed by atoms with Gasteiger partial charge in [-0.1, -0.05) is 19.1 Å². The summed E-state index contributed by atoms with van der Waals surface area (Å²) in [6, 6.07) is 8.24. The highest BCUT2D eigenvalue weighted by Crippen LogP contribution is 2.34. The Kier molecular flexibility index (Phi) is 3.55. The molecule has 0 amide bonds. The van der Waals surface area contributed by atoms with Crippen molar-refractivity contribution in [2.75, 3.05) is 0 Å². The lowest BCUT2D eigenvalue weighted by Gasteiger charge is -2.34. The average molecular weight is 272 g/mol. The van der Waals surface area contributed by atoms with Gasteiger partial charge in [0.15, 0.2) is 0 Å². The highest BCUT2D eigenvalue weighted by atomic mass is 16.3. The van der Waals surface area contributed by atoms with E-state index in [0.717, 1.165) is 49.5 Å². The molecular weight excluding hydrogens is 248 g/mol. The van der Waals surface area contributed by atoms with Crippen LogP contribution in [0.25, 0.3) is 11.0 Å². The van der Waals surface area contributed by atoms with E-state index < -0.39 is 5.60 Å². The van der Waals surface area contributed by atoms with Gasteiger partial charge in [-0.25, -0.2) is 4.98 Å². The van der Waals surface area contributed by atoms with Crippen LogP contribution in [0.3, 0.4) is 0 Å². The molecule has 1 fully saturated rings. The van der Waals surface area contributed by atoms with E-state index in [9.17, 15) is 5.11 Å². The zero-order valence-corrected chi connectivity index (χ0v) is 12.5. The minimum absolute atomic E-state index is 0.555. The van der Waals surface area contributed by atoms with Gasteiger partial charge in [0, 0.05) is 13.0 Å². The molecular formula is C17H24N2O. The Bertz CT molecular complexity index is 594. The van der Waals surface area contributed by atoms with Gasteiger partial charge in [0.25, 0.3) is 0 Å². The van der Waals surface area contributed by atoms with Gasteiger partial charge in [0.05, 0.1) is 16.6 Å². The fraction of sp³-hybridized carbons (Fsp3) is 0.588. The number of para-hydroxylation sites is 2. The van der Waals surface area contributed by atoms with Crippen molar-refractivity contribution in [3.8, 4) is 0 Å². The maximum atomic E-state index is 10.8. The largest absolute Gasteiger partial charge is 0.389 e. The van der Waals surface area contributed by atoms with Crippen molar-refractivity contribution >= 4 is 11.0 Å². The first-order chi connectivity index (χ1) is 9.61. The Labute approximate surface area is 120 Å². The molecule has 3 heteroatoms. The molecule has 0 saturated heterocycles. The Morgan fingerprint density at radius 2 is 2.00 bits per heavy atom. The van der Waals surface area contributed by atoms with Gasteiger partial charge in [-0.3, -0.25) is 0 Å². The Morgan fingerprint density at radius 3 is 2.70 bits per heavy atom. The summed E-state index contributed by atoms with van der Waals surface area (Å²) >= 11 is 0. The van der Waals surface area contributed by atoms with Crippen LogP contribution >= 0.6 is 0 Å². The van der Waals surface area contributed by atoms with Crippen LogP contribution in [0.5, 0.6) is 0 Å². The summed E-state index contributed by atoms with van der Waals surface area (Å²) in [7, 11) is 0. The third-order valence-corrected chi connectivity index (χ3v) is 4.74.